The van der Waals surface area contributed by atoms with Gasteiger partial charge in [-0.1, -0.05) is 0 Å². The van der Waals surface area contributed by atoms with E-state index < -0.39 is 0 Å². The zero-order chi connectivity index (χ0) is 15.2. The molecule has 0 spiro atoms. The van der Waals surface area contributed by atoms with E-state index in [4.69, 9.17) is 9.47 Å². The quantitative estimate of drug-likeness (QED) is 0.840. The summed E-state index contributed by atoms with van der Waals surface area (Å²) >= 11 is 0. The largest absolute Gasteiger partial charge is 0.497 e. The van der Waals surface area contributed by atoms with Gasteiger partial charge in [-0.25, -0.2) is 0 Å². The highest BCUT2D eigenvalue weighted by Gasteiger charge is 2.13. The number of ether oxygens (including phenoxy) is 2. The maximum atomic E-state index is 11.7. The Balaban J connectivity index is 2.55. The summed E-state index contributed by atoms with van der Waals surface area (Å²) in [5.41, 5.74) is 0.612. The molecule has 0 saturated heterocycles. The molecule has 0 fully saturated rings. The second kappa shape index (κ2) is 7.03. The number of carbonyl (C=O) groups is 1. The van der Waals surface area contributed by atoms with Gasteiger partial charge in [-0.05, 0) is 32.9 Å². The minimum Gasteiger partial charge on any atom is -0.497 e. The van der Waals surface area contributed by atoms with Gasteiger partial charge in [0.25, 0.3) is 0 Å². The van der Waals surface area contributed by atoms with Crippen molar-refractivity contribution in [3.63, 3.8) is 0 Å². The van der Waals surface area contributed by atoms with Gasteiger partial charge >= 0.3 is 0 Å². The van der Waals surface area contributed by atoms with Gasteiger partial charge in [-0.2, -0.15) is 0 Å². The predicted octanol–water partition coefficient (Wildman–Crippen LogP) is 2.42. The van der Waals surface area contributed by atoms with Crippen LogP contribution in [0.15, 0.2) is 18.2 Å². The van der Waals surface area contributed by atoms with Gasteiger partial charge in [0.15, 0.2) is 0 Å². The van der Waals surface area contributed by atoms with Crippen molar-refractivity contribution in [3.8, 4) is 11.5 Å². The lowest BCUT2D eigenvalue weighted by Gasteiger charge is -2.20. The van der Waals surface area contributed by atoms with Crippen molar-refractivity contribution < 1.29 is 14.3 Å². The summed E-state index contributed by atoms with van der Waals surface area (Å²) < 4.78 is 10.4. The highest BCUT2D eigenvalue weighted by Crippen LogP contribution is 2.28. The molecule has 0 aromatic heterocycles. The lowest BCUT2D eigenvalue weighted by Crippen LogP contribution is -2.41. The lowest BCUT2D eigenvalue weighted by molar-refractivity contribution is -0.122. The van der Waals surface area contributed by atoms with Crippen LogP contribution < -0.4 is 20.1 Å². The molecule has 0 heterocycles. The maximum absolute atomic E-state index is 11.7. The van der Waals surface area contributed by atoms with Crippen molar-refractivity contribution >= 4 is 11.6 Å². The second-order valence-electron chi connectivity index (χ2n) is 5.54. The van der Waals surface area contributed by atoms with E-state index in [9.17, 15) is 4.79 Å². The predicted molar refractivity (Wildman–Crippen MR) is 80.5 cm³/mol. The van der Waals surface area contributed by atoms with Gasteiger partial charge in [0.2, 0.25) is 5.91 Å². The molecule has 0 bridgehead atoms. The molecule has 0 aliphatic rings. The van der Waals surface area contributed by atoms with E-state index in [1.165, 1.54) is 0 Å². The second-order valence-corrected chi connectivity index (χ2v) is 5.54. The van der Waals surface area contributed by atoms with E-state index in [1.54, 1.807) is 14.2 Å². The van der Waals surface area contributed by atoms with Crippen LogP contribution in [0.3, 0.4) is 0 Å². The molecule has 0 saturated carbocycles. The van der Waals surface area contributed by atoms with Crippen molar-refractivity contribution in [2.75, 3.05) is 26.1 Å². The summed E-state index contributed by atoms with van der Waals surface area (Å²) in [7, 11) is 3.22. The van der Waals surface area contributed by atoms with Crippen LogP contribution in [0.1, 0.15) is 27.2 Å². The molecular weight excluding hydrogens is 256 g/mol. The third kappa shape index (κ3) is 5.38. The highest BCUT2D eigenvalue weighted by molar-refractivity contribution is 5.77. The minimum absolute atomic E-state index is 0.0202. The van der Waals surface area contributed by atoms with Crippen LogP contribution in [0.4, 0.5) is 5.69 Å². The maximum Gasteiger partial charge on any atom is 0.222 e. The van der Waals surface area contributed by atoms with Crippen LogP contribution in [-0.4, -0.2) is 32.2 Å². The van der Waals surface area contributed by atoms with Gasteiger partial charge in [0, 0.05) is 24.6 Å². The first kappa shape index (κ1) is 16.1. The van der Waals surface area contributed by atoms with Crippen molar-refractivity contribution in [2.45, 2.75) is 32.7 Å². The molecule has 0 radical (unpaired) electrons. The Morgan fingerprint density at radius 3 is 2.45 bits per heavy atom. The first-order valence-corrected chi connectivity index (χ1v) is 6.62. The molecule has 20 heavy (non-hydrogen) atoms. The fourth-order valence-corrected chi connectivity index (χ4v) is 1.74. The number of anilines is 1. The first-order chi connectivity index (χ1) is 9.35. The van der Waals surface area contributed by atoms with E-state index in [0.29, 0.717) is 13.0 Å². The number of methoxy groups -OCH3 is 2. The smallest absolute Gasteiger partial charge is 0.222 e. The fourth-order valence-electron chi connectivity index (χ4n) is 1.74. The molecule has 112 valence electrons. The van der Waals surface area contributed by atoms with Crippen LogP contribution in [0.25, 0.3) is 0 Å². The average Bonchev–Trinajstić information content (AvgIpc) is 2.36. The number of hydrogen-bond acceptors (Lipinski definition) is 4. The van der Waals surface area contributed by atoms with E-state index in [1.807, 2.05) is 39.0 Å². The normalized spacial score (nSPS) is 10.8. The van der Waals surface area contributed by atoms with E-state index in [-0.39, 0.29) is 11.4 Å². The standard InChI is InChI=1S/C15H24N2O3/c1-15(2,3)17-14(18)8-9-16-12-10-11(19-4)6-7-13(12)20-5/h6-7,10,16H,8-9H2,1-5H3,(H,17,18). The molecule has 0 aliphatic carbocycles. The first-order valence-electron chi connectivity index (χ1n) is 6.62. The van der Waals surface area contributed by atoms with Crippen LogP contribution in [0.2, 0.25) is 0 Å². The summed E-state index contributed by atoms with van der Waals surface area (Å²) in [5, 5.41) is 6.11. The third-order valence-corrected chi connectivity index (χ3v) is 2.59. The summed E-state index contributed by atoms with van der Waals surface area (Å²) in [6, 6.07) is 5.51. The zero-order valence-corrected chi connectivity index (χ0v) is 12.9. The Kier molecular flexibility index (Phi) is 5.67. The Labute approximate surface area is 120 Å². The Morgan fingerprint density at radius 1 is 1.20 bits per heavy atom. The van der Waals surface area contributed by atoms with Gasteiger partial charge in [0.1, 0.15) is 11.5 Å². The van der Waals surface area contributed by atoms with E-state index >= 15 is 0 Å². The van der Waals surface area contributed by atoms with Crippen molar-refractivity contribution in [3.05, 3.63) is 18.2 Å². The van der Waals surface area contributed by atoms with Crippen LogP contribution in [0, 0.1) is 0 Å². The number of benzene rings is 1. The van der Waals surface area contributed by atoms with Crippen LogP contribution >= 0.6 is 0 Å². The number of carbonyl (C=O) groups excluding carboxylic acids is 1. The number of amides is 1. The summed E-state index contributed by atoms with van der Waals surface area (Å²) in [6.45, 7) is 6.42. The molecule has 0 unspecified atom stereocenters. The highest BCUT2D eigenvalue weighted by atomic mass is 16.5. The zero-order valence-electron chi connectivity index (χ0n) is 12.9. The molecule has 0 atom stereocenters. The van der Waals surface area contributed by atoms with Gasteiger partial charge in [0.05, 0.1) is 19.9 Å². The summed E-state index contributed by atoms with van der Waals surface area (Å²) in [4.78, 5) is 11.7. The molecule has 5 heteroatoms. The molecule has 2 N–H and O–H groups in total. The van der Waals surface area contributed by atoms with Gasteiger partial charge in [-0.15, -0.1) is 0 Å². The summed E-state index contributed by atoms with van der Waals surface area (Å²) in [5.74, 6) is 1.49. The monoisotopic (exact) mass is 280 g/mol. The molecule has 1 amide bonds. The van der Waals surface area contributed by atoms with Crippen molar-refractivity contribution in [2.24, 2.45) is 0 Å². The molecule has 1 aromatic carbocycles. The van der Waals surface area contributed by atoms with E-state index in [2.05, 4.69) is 10.6 Å². The topological polar surface area (TPSA) is 59.6 Å². The Hall–Kier alpha value is -1.91. The van der Waals surface area contributed by atoms with Gasteiger partial charge < -0.3 is 20.1 Å². The molecular formula is C15H24N2O3. The molecule has 1 rings (SSSR count). The lowest BCUT2D eigenvalue weighted by atomic mass is 10.1. The molecule has 0 aliphatic heterocycles. The SMILES string of the molecule is COc1ccc(OC)c(NCCC(=O)NC(C)(C)C)c1. The molecule has 5 nitrogen and oxygen atoms in total. The van der Waals surface area contributed by atoms with Crippen LogP contribution in [0.5, 0.6) is 11.5 Å². The minimum atomic E-state index is -0.204. The van der Waals surface area contributed by atoms with Gasteiger partial charge in [-0.3, -0.25) is 4.79 Å². The number of hydrogen-bond donors (Lipinski definition) is 2. The summed E-state index contributed by atoms with van der Waals surface area (Å²) in [6.07, 6.45) is 0.400. The Morgan fingerprint density at radius 2 is 1.90 bits per heavy atom. The average molecular weight is 280 g/mol. The van der Waals surface area contributed by atoms with Crippen molar-refractivity contribution in [1.82, 2.24) is 5.32 Å². The molecule has 1 aromatic rings. The van der Waals surface area contributed by atoms with E-state index in [0.717, 1.165) is 17.2 Å². The third-order valence-electron chi connectivity index (χ3n) is 2.59. The van der Waals surface area contributed by atoms with Crippen LogP contribution in [-0.2, 0) is 4.79 Å². The number of nitrogens with one attached hydrogen (secondary N) is 2. The van der Waals surface area contributed by atoms with Crippen molar-refractivity contribution in [1.29, 1.82) is 0 Å². The number of rotatable bonds is 6. The Bertz CT molecular complexity index is 453. The fraction of sp³-hybridized carbons (Fsp3) is 0.533.